The van der Waals surface area contributed by atoms with E-state index in [2.05, 4.69) is 15.6 Å². The maximum absolute atomic E-state index is 10.9. The second-order valence-electron chi connectivity index (χ2n) is 4.31. The molecule has 2 heterocycles. The summed E-state index contributed by atoms with van der Waals surface area (Å²) in [7, 11) is 0. The lowest BCUT2D eigenvalue weighted by Crippen LogP contribution is -2.24. The van der Waals surface area contributed by atoms with Gasteiger partial charge in [0.15, 0.2) is 0 Å². The topological polar surface area (TPSA) is 80.0 Å². The summed E-state index contributed by atoms with van der Waals surface area (Å²) in [6.45, 7) is 2.02. The van der Waals surface area contributed by atoms with Crippen LogP contribution in [-0.2, 0) is 0 Å². The number of carbonyl (C=O) groups excluding carboxylic acids is 1. The molecule has 5 nitrogen and oxygen atoms in total. The van der Waals surface area contributed by atoms with Crippen LogP contribution in [0.3, 0.4) is 0 Å². The smallest absolute Gasteiger partial charge is 0.250 e. The van der Waals surface area contributed by atoms with Gasteiger partial charge in [-0.3, -0.25) is 4.79 Å². The molecule has 1 amide bonds. The van der Waals surface area contributed by atoms with Crippen molar-refractivity contribution in [2.24, 2.45) is 5.73 Å². The molecule has 2 rings (SSSR count). The summed E-state index contributed by atoms with van der Waals surface area (Å²) < 4.78 is 0. The average Bonchev–Trinajstić information content (AvgIpc) is 2.83. The maximum atomic E-state index is 10.9. The van der Waals surface area contributed by atoms with E-state index in [1.165, 1.54) is 19.0 Å². The van der Waals surface area contributed by atoms with Crippen LogP contribution in [-0.4, -0.2) is 30.0 Å². The third-order valence-electron chi connectivity index (χ3n) is 3.01. The van der Waals surface area contributed by atoms with Crippen LogP contribution in [0.2, 0.25) is 0 Å². The van der Waals surface area contributed by atoms with Gasteiger partial charge in [0.05, 0.1) is 5.56 Å². The highest BCUT2D eigenvalue weighted by molar-refractivity contribution is 5.92. The zero-order valence-electron chi connectivity index (χ0n) is 9.78. The Morgan fingerprint density at radius 1 is 1.59 bits per heavy atom. The molecule has 1 aromatic rings. The Morgan fingerprint density at radius 2 is 2.47 bits per heavy atom. The van der Waals surface area contributed by atoms with Gasteiger partial charge >= 0.3 is 0 Å². The zero-order valence-corrected chi connectivity index (χ0v) is 9.78. The molecule has 0 aromatic carbocycles. The first-order valence-electron chi connectivity index (χ1n) is 5.99. The van der Waals surface area contributed by atoms with Gasteiger partial charge in [-0.15, -0.1) is 0 Å². The standard InChI is InChI=1S/C12H18N4O/c13-12(17)9-3-4-11(16-8-9)15-7-5-10-2-1-6-14-10/h3-4,8,10,14H,1-2,5-7H2,(H2,13,17)(H,15,16)/t10-/m1/s1. The van der Waals surface area contributed by atoms with Crippen molar-refractivity contribution in [3.8, 4) is 0 Å². The van der Waals surface area contributed by atoms with E-state index >= 15 is 0 Å². The van der Waals surface area contributed by atoms with Gasteiger partial charge in [0.1, 0.15) is 5.82 Å². The van der Waals surface area contributed by atoms with E-state index < -0.39 is 5.91 Å². The van der Waals surface area contributed by atoms with Crippen LogP contribution < -0.4 is 16.4 Å². The van der Waals surface area contributed by atoms with Gasteiger partial charge in [0.25, 0.3) is 0 Å². The van der Waals surface area contributed by atoms with Crippen molar-refractivity contribution < 1.29 is 4.79 Å². The first-order valence-corrected chi connectivity index (χ1v) is 5.99. The second-order valence-corrected chi connectivity index (χ2v) is 4.31. The van der Waals surface area contributed by atoms with Crippen molar-refractivity contribution in [2.45, 2.75) is 25.3 Å². The molecule has 1 aromatic heterocycles. The zero-order chi connectivity index (χ0) is 12.1. The summed E-state index contributed by atoms with van der Waals surface area (Å²) in [6, 6.07) is 4.10. The van der Waals surface area contributed by atoms with E-state index in [9.17, 15) is 4.79 Å². The van der Waals surface area contributed by atoms with Gasteiger partial charge in [-0.25, -0.2) is 4.98 Å². The van der Waals surface area contributed by atoms with E-state index in [-0.39, 0.29) is 0 Å². The molecule has 1 atom stereocenters. The Morgan fingerprint density at radius 3 is 3.06 bits per heavy atom. The molecule has 0 radical (unpaired) electrons. The maximum Gasteiger partial charge on any atom is 0.250 e. The minimum Gasteiger partial charge on any atom is -0.370 e. The van der Waals surface area contributed by atoms with Gasteiger partial charge in [-0.05, 0) is 37.9 Å². The van der Waals surface area contributed by atoms with E-state index in [1.807, 2.05) is 0 Å². The molecule has 4 N–H and O–H groups in total. The van der Waals surface area contributed by atoms with Crippen LogP contribution in [0.15, 0.2) is 18.3 Å². The minimum atomic E-state index is -0.445. The SMILES string of the molecule is NC(=O)c1ccc(NCC[C@H]2CCCN2)nc1. The molecule has 0 saturated carbocycles. The summed E-state index contributed by atoms with van der Waals surface area (Å²) in [5, 5.41) is 6.68. The van der Waals surface area contributed by atoms with E-state index in [0.717, 1.165) is 25.3 Å². The van der Waals surface area contributed by atoms with Crippen LogP contribution in [0.5, 0.6) is 0 Å². The van der Waals surface area contributed by atoms with Gasteiger partial charge in [-0.1, -0.05) is 0 Å². The van der Waals surface area contributed by atoms with Crippen molar-refractivity contribution in [3.05, 3.63) is 23.9 Å². The first kappa shape index (κ1) is 11.9. The van der Waals surface area contributed by atoms with Crippen molar-refractivity contribution in [1.82, 2.24) is 10.3 Å². The van der Waals surface area contributed by atoms with Gasteiger partial charge in [0, 0.05) is 18.8 Å². The molecule has 5 heteroatoms. The normalized spacial score (nSPS) is 19.2. The number of carbonyl (C=O) groups is 1. The second kappa shape index (κ2) is 5.63. The van der Waals surface area contributed by atoms with Gasteiger partial charge in [0.2, 0.25) is 5.91 Å². The lowest BCUT2D eigenvalue weighted by molar-refractivity contribution is 0.1000. The highest BCUT2D eigenvalue weighted by Gasteiger charge is 2.12. The Kier molecular flexibility index (Phi) is 3.93. The first-order chi connectivity index (χ1) is 8.25. The summed E-state index contributed by atoms with van der Waals surface area (Å²) >= 11 is 0. The van der Waals surface area contributed by atoms with Crippen molar-refractivity contribution in [1.29, 1.82) is 0 Å². The predicted molar refractivity (Wildman–Crippen MR) is 66.9 cm³/mol. The number of primary amides is 1. The van der Waals surface area contributed by atoms with Crippen molar-refractivity contribution in [2.75, 3.05) is 18.4 Å². The molecular formula is C12H18N4O. The Bertz CT molecular complexity index is 371. The van der Waals surface area contributed by atoms with E-state index in [4.69, 9.17) is 5.73 Å². The number of pyridine rings is 1. The predicted octanol–water partition coefficient (Wildman–Crippen LogP) is 0.734. The average molecular weight is 234 g/mol. The molecule has 17 heavy (non-hydrogen) atoms. The van der Waals surface area contributed by atoms with Crippen LogP contribution in [0.4, 0.5) is 5.82 Å². The fraction of sp³-hybridized carbons (Fsp3) is 0.500. The minimum absolute atomic E-state index is 0.438. The number of nitrogens with zero attached hydrogens (tertiary/aromatic N) is 1. The molecule has 0 spiro atoms. The number of anilines is 1. The summed E-state index contributed by atoms with van der Waals surface area (Å²) in [5.74, 6) is 0.340. The Labute approximate surface area is 101 Å². The quantitative estimate of drug-likeness (QED) is 0.702. The van der Waals surface area contributed by atoms with Gasteiger partial charge < -0.3 is 16.4 Å². The third-order valence-corrected chi connectivity index (χ3v) is 3.01. The number of nitrogens with one attached hydrogen (secondary N) is 2. The number of hydrogen-bond donors (Lipinski definition) is 3. The summed E-state index contributed by atoms with van der Waals surface area (Å²) in [4.78, 5) is 15.0. The highest BCUT2D eigenvalue weighted by atomic mass is 16.1. The molecular weight excluding hydrogens is 216 g/mol. The molecule has 0 aliphatic carbocycles. The number of hydrogen-bond acceptors (Lipinski definition) is 4. The third kappa shape index (κ3) is 3.42. The number of amides is 1. The van der Waals surface area contributed by atoms with Crippen LogP contribution >= 0.6 is 0 Å². The van der Waals surface area contributed by atoms with Crippen LogP contribution in [0.1, 0.15) is 29.6 Å². The fourth-order valence-electron chi connectivity index (χ4n) is 2.02. The molecule has 1 fully saturated rings. The van der Waals surface area contributed by atoms with Crippen LogP contribution in [0, 0.1) is 0 Å². The molecule has 92 valence electrons. The van der Waals surface area contributed by atoms with E-state index in [1.54, 1.807) is 12.1 Å². The van der Waals surface area contributed by atoms with Gasteiger partial charge in [-0.2, -0.15) is 0 Å². The largest absolute Gasteiger partial charge is 0.370 e. The molecule has 0 unspecified atom stereocenters. The molecule has 1 aliphatic heterocycles. The van der Waals surface area contributed by atoms with E-state index in [0.29, 0.717) is 11.6 Å². The summed E-state index contributed by atoms with van der Waals surface area (Å²) in [6.07, 6.45) is 5.13. The lowest BCUT2D eigenvalue weighted by atomic mass is 10.1. The highest BCUT2D eigenvalue weighted by Crippen LogP contribution is 2.09. The molecule has 1 aliphatic rings. The van der Waals surface area contributed by atoms with Crippen molar-refractivity contribution in [3.63, 3.8) is 0 Å². The fourth-order valence-corrected chi connectivity index (χ4v) is 2.02. The number of rotatable bonds is 5. The monoisotopic (exact) mass is 234 g/mol. The van der Waals surface area contributed by atoms with Crippen molar-refractivity contribution >= 4 is 11.7 Å². The summed E-state index contributed by atoms with van der Waals surface area (Å²) in [5.41, 5.74) is 5.58. The Hall–Kier alpha value is -1.62. The lowest BCUT2D eigenvalue weighted by Gasteiger charge is -2.11. The molecule has 1 saturated heterocycles. The molecule has 0 bridgehead atoms. The van der Waals surface area contributed by atoms with Crippen LogP contribution in [0.25, 0.3) is 0 Å². The number of nitrogens with two attached hydrogens (primary N) is 1. The number of aromatic nitrogens is 1. The Balaban J connectivity index is 1.76.